The predicted molar refractivity (Wildman–Crippen MR) is 107 cm³/mol. The minimum absolute atomic E-state index is 0.00653. The van der Waals surface area contributed by atoms with Gasteiger partial charge in [0.25, 0.3) is 0 Å². The molecule has 0 saturated carbocycles. The van der Waals surface area contributed by atoms with E-state index in [1.807, 2.05) is 0 Å². The van der Waals surface area contributed by atoms with Gasteiger partial charge in [0.1, 0.15) is 29.0 Å². The Balaban J connectivity index is 1.81. The second kappa shape index (κ2) is 7.65. The smallest absolute Gasteiger partial charge is 0.240 e. The summed E-state index contributed by atoms with van der Waals surface area (Å²) in [7, 11) is 0. The summed E-state index contributed by atoms with van der Waals surface area (Å²) in [5.41, 5.74) is 6.88. The maximum atomic E-state index is 13.9. The van der Waals surface area contributed by atoms with Gasteiger partial charge in [-0.05, 0) is 30.3 Å². The molecule has 9 heteroatoms. The summed E-state index contributed by atoms with van der Waals surface area (Å²) < 4.78 is 29.4. The Morgan fingerprint density at radius 3 is 2.76 bits per heavy atom. The summed E-state index contributed by atoms with van der Waals surface area (Å²) in [4.78, 5) is 18.0. The maximum Gasteiger partial charge on any atom is 0.240 e. The average molecular weight is 416 g/mol. The number of amides is 1. The number of benzene rings is 2. The molecule has 0 fully saturated rings. The number of nitrogens with one attached hydrogen (secondary N) is 1. The number of halogens is 3. The molecule has 2 heterocycles. The first kappa shape index (κ1) is 19.1. The Kier molecular flexibility index (Phi) is 5.04. The third-order valence-corrected chi connectivity index (χ3v) is 4.77. The van der Waals surface area contributed by atoms with Crippen molar-refractivity contribution in [2.24, 2.45) is 5.73 Å². The van der Waals surface area contributed by atoms with Crippen LogP contribution in [0.2, 0.25) is 5.02 Å². The Labute approximate surface area is 170 Å². The van der Waals surface area contributed by atoms with E-state index in [0.717, 1.165) is 0 Å². The lowest BCUT2D eigenvalue weighted by Crippen LogP contribution is -2.33. The molecule has 29 heavy (non-hydrogen) atoms. The number of rotatable bonds is 4. The fourth-order valence-corrected chi connectivity index (χ4v) is 3.18. The number of carbonyl (C=O) groups is 1. The van der Waals surface area contributed by atoms with Gasteiger partial charge in [0, 0.05) is 23.7 Å². The lowest BCUT2D eigenvalue weighted by atomic mass is 10.1. The molecule has 1 aliphatic heterocycles. The van der Waals surface area contributed by atoms with Gasteiger partial charge in [-0.2, -0.15) is 0 Å². The van der Waals surface area contributed by atoms with Gasteiger partial charge in [0.05, 0.1) is 18.1 Å². The zero-order chi connectivity index (χ0) is 20.5. The van der Waals surface area contributed by atoms with Crippen molar-refractivity contribution in [2.75, 3.05) is 11.9 Å². The van der Waals surface area contributed by atoms with Gasteiger partial charge in [-0.3, -0.25) is 9.36 Å². The van der Waals surface area contributed by atoms with Crippen LogP contribution in [0, 0.1) is 11.6 Å². The normalized spacial score (nSPS) is 12.8. The molecule has 3 aromatic rings. The van der Waals surface area contributed by atoms with Crippen LogP contribution < -0.4 is 11.1 Å². The molecule has 0 bridgehead atoms. The van der Waals surface area contributed by atoms with E-state index in [1.54, 1.807) is 35.2 Å². The van der Waals surface area contributed by atoms with Crippen molar-refractivity contribution in [2.45, 2.75) is 6.54 Å². The molecule has 6 nitrogen and oxygen atoms in total. The van der Waals surface area contributed by atoms with E-state index in [-0.39, 0.29) is 24.0 Å². The number of carbonyl (C=O) groups excluding carboxylic acids is 1. The molecular weight excluding hydrogens is 400 g/mol. The van der Waals surface area contributed by atoms with Crippen LogP contribution in [0.1, 0.15) is 5.82 Å². The number of aromatic nitrogens is 2. The number of imidazole rings is 1. The van der Waals surface area contributed by atoms with E-state index in [1.165, 1.54) is 29.2 Å². The van der Waals surface area contributed by atoms with Gasteiger partial charge in [-0.15, -0.1) is 0 Å². The van der Waals surface area contributed by atoms with Crippen LogP contribution in [0.15, 0.2) is 48.7 Å². The number of anilines is 2. The molecule has 0 unspecified atom stereocenters. The summed E-state index contributed by atoms with van der Waals surface area (Å²) in [6.07, 6.45) is 3.24. The lowest BCUT2D eigenvalue weighted by molar-refractivity contribution is -0.127. The third kappa shape index (κ3) is 3.72. The summed E-state index contributed by atoms with van der Waals surface area (Å²) in [5, 5.41) is 3.13. The first-order chi connectivity index (χ1) is 14.0. The Morgan fingerprint density at radius 2 is 2.03 bits per heavy atom. The number of fused-ring (bicyclic) bond motifs is 1. The van der Waals surface area contributed by atoms with E-state index in [2.05, 4.69) is 10.3 Å². The van der Waals surface area contributed by atoms with Crippen LogP contribution >= 0.6 is 11.6 Å². The molecule has 0 saturated heterocycles. The first-order valence-corrected chi connectivity index (χ1v) is 9.11. The summed E-state index contributed by atoms with van der Waals surface area (Å²) in [6.45, 7) is 0.0719. The fraction of sp³-hybridized carbons (Fsp3) is 0.100. The zero-order valence-corrected chi connectivity index (χ0v) is 15.8. The van der Waals surface area contributed by atoms with Gasteiger partial charge in [0.15, 0.2) is 0 Å². The topological polar surface area (TPSA) is 76.2 Å². The monoisotopic (exact) mass is 415 g/mol. The highest BCUT2D eigenvalue weighted by molar-refractivity contribution is 6.30. The molecule has 0 aliphatic carbocycles. The van der Waals surface area contributed by atoms with Gasteiger partial charge in [0.2, 0.25) is 5.91 Å². The highest BCUT2D eigenvalue weighted by atomic mass is 35.5. The molecule has 148 valence electrons. The third-order valence-electron chi connectivity index (χ3n) is 4.47. The minimum atomic E-state index is -0.572. The lowest BCUT2D eigenvalue weighted by Gasteiger charge is -2.22. The Morgan fingerprint density at radius 1 is 1.21 bits per heavy atom. The highest BCUT2D eigenvalue weighted by Crippen LogP contribution is 2.34. The van der Waals surface area contributed by atoms with Crippen LogP contribution in [0.5, 0.6) is 0 Å². The minimum Gasteiger partial charge on any atom is -0.339 e. The van der Waals surface area contributed by atoms with E-state index < -0.39 is 11.6 Å². The largest absolute Gasteiger partial charge is 0.339 e. The molecule has 2 aromatic carbocycles. The van der Waals surface area contributed by atoms with Crippen LogP contribution in [-0.2, 0) is 11.3 Å². The standard InChI is InChI=1S/C20H16ClF2N5O/c21-15-5-4-14(9-16(15)23)25-20-19(12-2-1-3-13(22)8-12)26-17-11-27(18(29)10-24)6-7-28(17)20/h1-9,25H,10-11,24H2. The van der Waals surface area contributed by atoms with Crippen molar-refractivity contribution in [1.82, 2.24) is 14.5 Å². The van der Waals surface area contributed by atoms with Crippen LogP contribution in [0.4, 0.5) is 20.3 Å². The maximum absolute atomic E-state index is 13.9. The van der Waals surface area contributed by atoms with Crippen LogP contribution in [0.25, 0.3) is 17.5 Å². The van der Waals surface area contributed by atoms with Crippen molar-refractivity contribution in [3.8, 4) is 11.3 Å². The second-order valence-electron chi connectivity index (χ2n) is 6.38. The molecule has 0 spiro atoms. The molecule has 0 atom stereocenters. The molecule has 1 aliphatic rings. The second-order valence-corrected chi connectivity index (χ2v) is 6.79. The fourth-order valence-electron chi connectivity index (χ4n) is 3.06. The SMILES string of the molecule is NCC(=O)N1C=Cn2c(nc(-c3cccc(F)c3)c2Nc2ccc(Cl)c(F)c2)C1. The van der Waals surface area contributed by atoms with Gasteiger partial charge < -0.3 is 16.0 Å². The number of hydrogen-bond donors (Lipinski definition) is 2. The number of hydrogen-bond acceptors (Lipinski definition) is 4. The number of nitrogens with zero attached hydrogens (tertiary/aromatic N) is 3. The number of nitrogens with two attached hydrogens (primary N) is 1. The van der Waals surface area contributed by atoms with E-state index >= 15 is 0 Å². The summed E-state index contributed by atoms with van der Waals surface area (Å²) >= 11 is 5.76. The first-order valence-electron chi connectivity index (χ1n) is 8.73. The van der Waals surface area contributed by atoms with Crippen LogP contribution in [-0.4, -0.2) is 26.9 Å². The van der Waals surface area contributed by atoms with Gasteiger partial charge in [-0.25, -0.2) is 13.8 Å². The Bertz CT molecular complexity index is 1130. The molecule has 0 radical (unpaired) electrons. The molecule has 4 rings (SSSR count). The van der Waals surface area contributed by atoms with Crippen molar-refractivity contribution in [3.63, 3.8) is 0 Å². The van der Waals surface area contributed by atoms with Crippen molar-refractivity contribution in [1.29, 1.82) is 0 Å². The van der Waals surface area contributed by atoms with E-state index in [0.29, 0.717) is 28.6 Å². The van der Waals surface area contributed by atoms with Gasteiger partial charge >= 0.3 is 0 Å². The zero-order valence-electron chi connectivity index (χ0n) is 15.1. The molecular formula is C20H16ClF2N5O. The van der Waals surface area contributed by atoms with Crippen LogP contribution in [0.3, 0.4) is 0 Å². The van der Waals surface area contributed by atoms with E-state index in [4.69, 9.17) is 17.3 Å². The average Bonchev–Trinajstić information content (AvgIpc) is 3.07. The van der Waals surface area contributed by atoms with E-state index in [9.17, 15) is 13.6 Å². The Hall–Kier alpha value is -3.23. The van der Waals surface area contributed by atoms with Crippen molar-refractivity contribution >= 4 is 35.2 Å². The van der Waals surface area contributed by atoms with Gasteiger partial charge in [-0.1, -0.05) is 23.7 Å². The highest BCUT2D eigenvalue weighted by Gasteiger charge is 2.24. The van der Waals surface area contributed by atoms with Crippen molar-refractivity contribution < 1.29 is 13.6 Å². The molecule has 1 amide bonds. The quantitative estimate of drug-likeness (QED) is 0.676. The summed E-state index contributed by atoms with van der Waals surface area (Å²) in [6, 6.07) is 10.3. The predicted octanol–water partition coefficient (Wildman–Crippen LogP) is 3.95. The molecule has 3 N–H and O–H groups in total. The summed E-state index contributed by atoms with van der Waals surface area (Å²) in [5.74, 6) is -0.184. The van der Waals surface area contributed by atoms with Crippen molar-refractivity contribution in [3.05, 3.63) is 71.1 Å². The molecule has 1 aromatic heterocycles.